The number of fused-ring (bicyclic) bond motifs is 1. The second kappa shape index (κ2) is 10.3. The fourth-order valence-corrected chi connectivity index (χ4v) is 5.84. The summed E-state index contributed by atoms with van der Waals surface area (Å²) in [5.74, 6) is 1.21. The van der Waals surface area contributed by atoms with E-state index >= 15 is 0 Å². The van der Waals surface area contributed by atoms with Gasteiger partial charge < -0.3 is 9.64 Å². The maximum Gasteiger partial charge on any atom is 0.196 e. The van der Waals surface area contributed by atoms with Gasteiger partial charge in [0.05, 0.1) is 18.6 Å². The van der Waals surface area contributed by atoms with Gasteiger partial charge in [-0.15, -0.1) is 10.2 Å². The highest BCUT2D eigenvalue weighted by Crippen LogP contribution is 2.46. The Hall–Kier alpha value is -4.00. The Morgan fingerprint density at radius 1 is 1.03 bits per heavy atom. The van der Waals surface area contributed by atoms with Gasteiger partial charge in [-0.05, 0) is 48.5 Å². The van der Waals surface area contributed by atoms with Crippen molar-refractivity contribution in [3.63, 3.8) is 0 Å². The number of hydrogen-bond acceptors (Lipinski definition) is 8. The van der Waals surface area contributed by atoms with Crippen molar-refractivity contribution in [1.82, 2.24) is 14.8 Å². The summed E-state index contributed by atoms with van der Waals surface area (Å²) in [5, 5.41) is 19.9. The van der Waals surface area contributed by atoms with Crippen LogP contribution in [0.5, 0.6) is 5.75 Å². The summed E-state index contributed by atoms with van der Waals surface area (Å²) in [6, 6.07) is 27.3. The number of aromatic nitrogens is 3. The zero-order chi connectivity index (χ0) is 25.1. The molecule has 0 N–H and O–H groups in total. The molecule has 0 saturated carbocycles. The van der Waals surface area contributed by atoms with Gasteiger partial charge in [0.15, 0.2) is 16.8 Å². The van der Waals surface area contributed by atoms with E-state index in [2.05, 4.69) is 16.3 Å². The summed E-state index contributed by atoms with van der Waals surface area (Å²) in [6.45, 7) is 0. The molecule has 2 heterocycles. The highest BCUT2D eigenvalue weighted by molar-refractivity contribution is 8.03. The van der Waals surface area contributed by atoms with Gasteiger partial charge in [0.25, 0.3) is 0 Å². The number of para-hydroxylation sites is 2. The molecular weight excluding hydrogens is 490 g/mol. The van der Waals surface area contributed by atoms with Crippen molar-refractivity contribution in [3.8, 4) is 28.9 Å². The number of thioether (sulfide) groups is 2. The lowest BCUT2D eigenvalue weighted by molar-refractivity contribution is -0.112. The van der Waals surface area contributed by atoms with E-state index in [1.807, 2.05) is 95.4 Å². The summed E-state index contributed by atoms with van der Waals surface area (Å²) >= 11 is 2.70. The number of nitrogens with zero attached hydrogens (tertiary/aromatic N) is 5. The van der Waals surface area contributed by atoms with Crippen LogP contribution in [0.3, 0.4) is 0 Å². The van der Waals surface area contributed by atoms with Crippen LogP contribution in [0.1, 0.15) is 0 Å². The quantitative estimate of drug-likeness (QED) is 0.181. The lowest BCUT2D eigenvalue weighted by Gasteiger charge is -2.14. The Kier molecular flexibility index (Phi) is 6.80. The van der Waals surface area contributed by atoms with Crippen LogP contribution in [0, 0.1) is 11.3 Å². The Morgan fingerprint density at radius 2 is 1.75 bits per heavy atom. The van der Waals surface area contributed by atoms with E-state index in [9.17, 15) is 10.1 Å². The van der Waals surface area contributed by atoms with Gasteiger partial charge in [-0.3, -0.25) is 9.36 Å². The fourth-order valence-electron chi connectivity index (χ4n) is 3.85. The van der Waals surface area contributed by atoms with Crippen LogP contribution >= 0.6 is 23.5 Å². The fraction of sp³-hybridized carbons (Fsp3) is 0.111. The van der Waals surface area contributed by atoms with Crippen molar-refractivity contribution in [2.24, 2.45) is 0 Å². The highest BCUT2D eigenvalue weighted by Gasteiger charge is 2.28. The van der Waals surface area contributed by atoms with Gasteiger partial charge in [-0.1, -0.05) is 53.9 Å². The van der Waals surface area contributed by atoms with Crippen LogP contribution in [-0.4, -0.2) is 40.5 Å². The van der Waals surface area contributed by atoms with Gasteiger partial charge in [0.1, 0.15) is 22.4 Å². The van der Waals surface area contributed by atoms with Gasteiger partial charge in [0.2, 0.25) is 0 Å². The van der Waals surface area contributed by atoms with E-state index in [4.69, 9.17) is 4.74 Å². The van der Waals surface area contributed by atoms with Crippen LogP contribution in [0.4, 0.5) is 5.69 Å². The number of carbonyl (C=O) groups excluding carboxylic acids is 1. The average molecular weight is 512 g/mol. The molecular formula is C27H21N5O2S2. The molecule has 36 heavy (non-hydrogen) atoms. The van der Waals surface area contributed by atoms with Gasteiger partial charge in [-0.25, -0.2) is 0 Å². The van der Waals surface area contributed by atoms with E-state index in [0.717, 1.165) is 27.6 Å². The van der Waals surface area contributed by atoms with Crippen molar-refractivity contribution >= 4 is 35.0 Å². The molecule has 3 aromatic carbocycles. The van der Waals surface area contributed by atoms with E-state index < -0.39 is 0 Å². The number of hydrogen-bond donors (Lipinski definition) is 0. The topological polar surface area (TPSA) is 84.0 Å². The second-order valence-corrected chi connectivity index (χ2v) is 9.81. The Balaban J connectivity index is 1.44. The van der Waals surface area contributed by atoms with Crippen molar-refractivity contribution in [1.29, 1.82) is 5.26 Å². The number of allylic oxidation sites excluding steroid dienone is 1. The maximum atomic E-state index is 13.2. The first-order valence-electron chi connectivity index (χ1n) is 11.1. The predicted molar refractivity (Wildman–Crippen MR) is 142 cm³/mol. The molecule has 0 fully saturated rings. The molecule has 0 bridgehead atoms. The molecule has 0 spiro atoms. The molecule has 0 amide bonds. The van der Waals surface area contributed by atoms with Crippen LogP contribution in [0.2, 0.25) is 0 Å². The van der Waals surface area contributed by atoms with Crippen LogP contribution in [0.15, 0.2) is 99.5 Å². The normalized spacial score (nSPS) is 13.8. The Bertz CT molecular complexity index is 1490. The molecule has 7 nitrogen and oxygen atoms in total. The third-order valence-electron chi connectivity index (χ3n) is 5.67. The van der Waals surface area contributed by atoms with Crippen molar-refractivity contribution in [2.75, 3.05) is 24.8 Å². The SMILES string of the molecule is COc1ccc(-c2nnc(SCC(=O)/C(C#N)=C3/Sc4ccccc4N3C)n2-c2ccccc2)cc1. The summed E-state index contributed by atoms with van der Waals surface area (Å²) in [7, 11) is 3.50. The molecule has 0 saturated heterocycles. The minimum Gasteiger partial charge on any atom is -0.497 e. The van der Waals surface area contributed by atoms with E-state index in [1.54, 1.807) is 7.11 Å². The second-order valence-electron chi connectivity index (χ2n) is 7.84. The van der Waals surface area contributed by atoms with Gasteiger partial charge >= 0.3 is 0 Å². The zero-order valence-electron chi connectivity index (χ0n) is 19.6. The van der Waals surface area contributed by atoms with Crippen LogP contribution < -0.4 is 9.64 Å². The Labute approximate surface area is 217 Å². The maximum absolute atomic E-state index is 13.2. The number of rotatable bonds is 7. The third kappa shape index (κ3) is 4.49. The average Bonchev–Trinajstić information content (AvgIpc) is 3.50. The van der Waals surface area contributed by atoms with E-state index in [-0.39, 0.29) is 17.1 Å². The monoisotopic (exact) mass is 511 g/mol. The lowest BCUT2D eigenvalue weighted by atomic mass is 10.2. The number of methoxy groups -OCH3 is 1. The van der Waals surface area contributed by atoms with E-state index in [1.165, 1.54) is 23.5 Å². The van der Waals surface area contributed by atoms with Crippen LogP contribution in [-0.2, 0) is 4.79 Å². The number of anilines is 1. The number of carbonyl (C=O) groups is 1. The van der Waals surface area contributed by atoms with Crippen LogP contribution in [0.25, 0.3) is 17.1 Å². The summed E-state index contributed by atoms with van der Waals surface area (Å²) in [6.07, 6.45) is 0. The number of ketones is 1. The molecule has 4 aromatic rings. The largest absolute Gasteiger partial charge is 0.497 e. The molecule has 0 unspecified atom stereocenters. The molecule has 1 aliphatic heterocycles. The van der Waals surface area contributed by atoms with E-state index in [0.29, 0.717) is 16.0 Å². The molecule has 178 valence electrons. The highest BCUT2D eigenvalue weighted by atomic mass is 32.2. The number of Topliss-reactive ketones (excluding diaryl/α,β-unsaturated/α-hetero) is 1. The molecule has 1 aromatic heterocycles. The summed E-state index contributed by atoms with van der Waals surface area (Å²) in [5.41, 5.74) is 2.88. The van der Waals surface area contributed by atoms with Crippen molar-refractivity contribution in [2.45, 2.75) is 10.1 Å². The molecule has 0 radical (unpaired) electrons. The number of ether oxygens (including phenoxy) is 1. The zero-order valence-corrected chi connectivity index (χ0v) is 21.2. The minimum absolute atomic E-state index is 0.0602. The van der Waals surface area contributed by atoms with Crippen molar-refractivity contribution < 1.29 is 9.53 Å². The summed E-state index contributed by atoms with van der Waals surface area (Å²) in [4.78, 5) is 16.1. The van der Waals surface area contributed by atoms with Crippen molar-refractivity contribution in [3.05, 3.63) is 89.5 Å². The predicted octanol–water partition coefficient (Wildman–Crippen LogP) is 5.58. The smallest absolute Gasteiger partial charge is 0.196 e. The first-order valence-corrected chi connectivity index (χ1v) is 12.9. The number of benzene rings is 3. The molecule has 0 atom stereocenters. The standard InChI is InChI=1S/C27H21N5O2S2/c1-31-22-10-6-7-11-24(22)36-26(31)21(16-28)23(33)17-35-27-30-29-25(18-12-14-20(34-2)15-13-18)32(27)19-8-4-3-5-9-19/h3-15H,17H2,1-2H3/b26-21+. The Morgan fingerprint density at radius 3 is 2.44 bits per heavy atom. The minimum atomic E-state index is -0.252. The van der Waals surface area contributed by atoms with Gasteiger partial charge in [-0.2, -0.15) is 5.26 Å². The number of nitriles is 1. The first-order chi connectivity index (χ1) is 17.6. The van der Waals surface area contributed by atoms with Gasteiger partial charge in [0, 0.05) is 23.2 Å². The lowest BCUT2D eigenvalue weighted by Crippen LogP contribution is -2.16. The molecule has 1 aliphatic rings. The molecule has 0 aliphatic carbocycles. The molecule has 9 heteroatoms. The summed E-state index contributed by atoms with van der Waals surface area (Å²) < 4.78 is 7.20. The first kappa shape index (κ1) is 23.7. The molecule has 5 rings (SSSR count). The third-order valence-corrected chi connectivity index (χ3v) is 7.84.